The highest BCUT2D eigenvalue weighted by molar-refractivity contribution is 8.14. The Bertz CT molecular complexity index is 3520. The van der Waals surface area contributed by atoms with Crippen LogP contribution < -0.4 is 27.0 Å². The number of nitrogens with zero attached hydrogens (tertiary/aromatic N) is 4. The fourth-order valence-corrected chi connectivity index (χ4v) is 12.3. The summed E-state index contributed by atoms with van der Waals surface area (Å²) >= 11 is 0.604. The number of phosphoric ester groups is 3. The van der Waals surface area contributed by atoms with Crippen LogP contribution in [0.2, 0.25) is 0 Å². The molecule has 3 aromatic carbocycles. The van der Waals surface area contributed by atoms with Gasteiger partial charge in [-0.05, 0) is 67.9 Å². The van der Waals surface area contributed by atoms with Crippen molar-refractivity contribution >= 4 is 86.8 Å². The Morgan fingerprint density at radius 2 is 1.57 bits per heavy atom. The van der Waals surface area contributed by atoms with Gasteiger partial charge >= 0.3 is 29.4 Å². The number of hydrogen-bond donors (Lipinski definition) is 15. The molecule has 87 heavy (non-hydrogen) atoms. The lowest BCUT2D eigenvalue weighted by molar-refractivity contribution is -0.137. The van der Waals surface area contributed by atoms with Gasteiger partial charge in [-0.3, -0.25) is 42.1 Å². The predicted molar refractivity (Wildman–Crippen MR) is 298 cm³/mol. The zero-order chi connectivity index (χ0) is 63.8. The molecular formula is C49H60N9O25P3S. The fraction of sp³-hybridized carbons (Fsp3) is 0.408. The lowest BCUT2D eigenvalue weighted by Crippen LogP contribution is -2.49. The Balaban J connectivity index is 0.843. The van der Waals surface area contributed by atoms with Crippen LogP contribution in [-0.2, 0) is 50.6 Å². The average Bonchev–Trinajstić information content (AvgIpc) is 1.82. The predicted octanol–water partition coefficient (Wildman–Crippen LogP) is 0.739. The largest absolute Gasteiger partial charge is 0.508 e. The number of amides is 3. The molecule has 0 bridgehead atoms. The topological polar surface area (TPSA) is 529 Å². The number of hydrogen-bond acceptors (Lipinski definition) is 27. The minimum absolute atomic E-state index is 0.00632. The van der Waals surface area contributed by atoms with E-state index in [9.17, 15) is 92.7 Å². The molecule has 0 radical (unpaired) electrons. The number of carbonyl (C=O) groups is 6. The summed E-state index contributed by atoms with van der Waals surface area (Å²) in [5.74, 6) is -7.25. The second-order valence-corrected chi connectivity index (χ2v) is 25.3. The van der Waals surface area contributed by atoms with Crippen molar-refractivity contribution in [2.24, 2.45) is 5.41 Å². The first-order valence-electron chi connectivity index (χ1n) is 25.9. The third kappa shape index (κ3) is 17.6. The van der Waals surface area contributed by atoms with E-state index in [0.29, 0.717) is 31.1 Å². The van der Waals surface area contributed by atoms with Crippen LogP contribution in [0.4, 0.5) is 5.82 Å². The second-order valence-electron chi connectivity index (χ2n) is 20.0. The summed E-state index contributed by atoms with van der Waals surface area (Å²) < 4.78 is 68.4. The van der Waals surface area contributed by atoms with Gasteiger partial charge in [-0.1, -0.05) is 31.7 Å². The van der Waals surface area contributed by atoms with Crippen LogP contribution in [0.1, 0.15) is 86.3 Å². The molecule has 16 N–H and O–H groups in total. The summed E-state index contributed by atoms with van der Waals surface area (Å²) in [5.41, 5.74) is 2.20. The molecule has 2 aliphatic heterocycles. The maximum Gasteiger partial charge on any atom is 0.481 e. The molecule has 9 unspecified atom stereocenters. The number of aliphatic hydroxyl groups excluding tert-OH is 2. The van der Waals surface area contributed by atoms with E-state index in [2.05, 4.69) is 45.1 Å². The lowest BCUT2D eigenvalue weighted by Gasteiger charge is -2.30. The number of rotatable bonds is 26. The standard InChI is InChI=1S/C49H60N9O25P3S/c1-49(2,21-79-86(76,77)83-85(74,75)78-20-33-40(82-84(71,72)73)39(65)46(80-33)58-23-56-37-42(50)54-22-55-43(37)58)41(66)45(68)53-14-12-34(63)52-15-16-87-48(70)27-5-3-6-29(60)35(27)38(64)36-30(61)17-25(18-31(36)62)47(69)81-32-7-4-13-51-19-28(32)57-44(67)24-8-10-26(59)11-9-24/h3,5-6,8-11,17-18,22-23,28,32-33,39-41,46,51,59-62,65-66H,4,7,12-16,19-21H2,1-2H3,(H,52,63)(H,53,68)(H,57,67)(H,74,75)(H,76,77)(H2,50,54,55)(H2,71,72,73). The molecule has 0 aliphatic carbocycles. The molecule has 2 fully saturated rings. The van der Waals surface area contributed by atoms with Crippen molar-refractivity contribution < 1.29 is 120 Å². The number of phosphoric acid groups is 3. The van der Waals surface area contributed by atoms with Crippen molar-refractivity contribution in [1.29, 1.82) is 0 Å². The molecule has 4 heterocycles. The third-order valence-electron chi connectivity index (χ3n) is 13.1. The molecule has 2 aromatic heterocycles. The highest BCUT2D eigenvalue weighted by Crippen LogP contribution is 2.61. The van der Waals surface area contributed by atoms with Gasteiger partial charge < -0.3 is 86.7 Å². The van der Waals surface area contributed by atoms with Crippen LogP contribution in [0, 0.1) is 5.41 Å². The monoisotopic (exact) mass is 1300 g/mol. The number of esters is 1. The smallest absolute Gasteiger partial charge is 0.481 e. The number of phenols is 4. The van der Waals surface area contributed by atoms with E-state index in [1.165, 1.54) is 50.2 Å². The summed E-state index contributed by atoms with van der Waals surface area (Å²) in [4.78, 5) is 131. The number of nitrogens with two attached hydrogens (primary N) is 1. The van der Waals surface area contributed by atoms with Crippen molar-refractivity contribution in [1.82, 2.24) is 40.8 Å². The molecule has 3 amide bonds. The first-order valence-corrected chi connectivity index (χ1v) is 31.4. The fourth-order valence-electron chi connectivity index (χ4n) is 8.76. The molecule has 5 aromatic rings. The quantitative estimate of drug-likeness (QED) is 0.0157. The number of nitrogens with one attached hydrogen (secondary N) is 4. The summed E-state index contributed by atoms with van der Waals surface area (Å²) in [6, 6.07) is 9.98. The highest BCUT2D eigenvalue weighted by Gasteiger charge is 2.50. The maximum atomic E-state index is 13.9. The number of nitrogen functional groups attached to an aromatic ring is 1. The Kier molecular flexibility index (Phi) is 22.1. The number of aromatic hydroxyl groups is 4. The molecule has 2 aliphatic rings. The molecule has 0 spiro atoms. The number of ketones is 1. The number of imidazole rings is 1. The Labute approximate surface area is 496 Å². The van der Waals surface area contributed by atoms with Crippen molar-refractivity contribution in [3.63, 3.8) is 0 Å². The zero-order valence-electron chi connectivity index (χ0n) is 45.7. The number of phenolic OH excluding ortho intramolecular Hbond substituents is 4. The van der Waals surface area contributed by atoms with Crippen LogP contribution in [0.25, 0.3) is 11.2 Å². The molecular weight excluding hydrogens is 1240 g/mol. The van der Waals surface area contributed by atoms with Crippen LogP contribution in [0.3, 0.4) is 0 Å². The van der Waals surface area contributed by atoms with Crippen LogP contribution in [-0.4, -0.2) is 186 Å². The van der Waals surface area contributed by atoms with E-state index in [1.54, 1.807) is 0 Å². The van der Waals surface area contributed by atoms with Crippen LogP contribution in [0.5, 0.6) is 23.0 Å². The van der Waals surface area contributed by atoms with Gasteiger partial charge in [-0.2, -0.15) is 4.31 Å². The van der Waals surface area contributed by atoms with Gasteiger partial charge in [-0.25, -0.2) is 33.4 Å². The molecule has 34 nitrogen and oxygen atoms in total. The van der Waals surface area contributed by atoms with E-state index in [-0.39, 0.29) is 71.2 Å². The third-order valence-corrected chi connectivity index (χ3v) is 17.1. The maximum absolute atomic E-state index is 13.9. The summed E-state index contributed by atoms with van der Waals surface area (Å²) in [7, 11) is -16.7. The lowest BCUT2D eigenvalue weighted by atomic mass is 9.87. The second kappa shape index (κ2) is 28.4. The molecule has 9 atom stereocenters. The number of fused-ring (bicyclic) bond motifs is 1. The van der Waals surface area contributed by atoms with Gasteiger partial charge in [0.1, 0.15) is 70.9 Å². The number of ether oxygens (including phenoxy) is 2. The molecule has 2 saturated heterocycles. The first-order chi connectivity index (χ1) is 40.8. The molecule has 38 heteroatoms. The van der Waals surface area contributed by atoms with Crippen molar-refractivity contribution in [3.05, 3.63) is 95.1 Å². The van der Waals surface area contributed by atoms with E-state index in [4.69, 9.17) is 24.3 Å². The first kappa shape index (κ1) is 67.5. The minimum atomic E-state index is -5.67. The van der Waals surface area contributed by atoms with E-state index in [0.717, 1.165) is 35.4 Å². The number of aromatic nitrogens is 4. The van der Waals surface area contributed by atoms with Crippen molar-refractivity contribution in [2.45, 2.75) is 75.9 Å². The minimum Gasteiger partial charge on any atom is -0.508 e. The van der Waals surface area contributed by atoms with E-state index < -0.39 is 148 Å². The van der Waals surface area contributed by atoms with Gasteiger partial charge in [0, 0.05) is 48.3 Å². The molecule has 472 valence electrons. The van der Waals surface area contributed by atoms with Gasteiger partial charge in [0.15, 0.2) is 17.7 Å². The van der Waals surface area contributed by atoms with Crippen molar-refractivity contribution in [2.75, 3.05) is 50.9 Å². The Hall–Kier alpha value is -7.01. The molecule has 0 saturated carbocycles. The number of anilines is 1. The van der Waals surface area contributed by atoms with E-state index in [1.807, 2.05) is 0 Å². The number of carbonyl (C=O) groups excluding carboxylic acids is 6. The molecule has 7 rings (SSSR count). The normalized spacial score (nSPS) is 20.7. The zero-order valence-corrected chi connectivity index (χ0v) is 49.2. The summed E-state index contributed by atoms with van der Waals surface area (Å²) in [6.45, 7) is 0.422. The summed E-state index contributed by atoms with van der Waals surface area (Å²) in [6.07, 6.45) is -7.55. The van der Waals surface area contributed by atoms with Gasteiger partial charge in [0.2, 0.25) is 22.7 Å². The highest BCUT2D eigenvalue weighted by atomic mass is 32.2. The SMILES string of the molecule is CC(C)(COP(=O)(O)OP(=O)(O)OCC1OC(n2cnc3c(N)ncnc32)C(O)C1OP(=O)(O)O)C(O)C(=O)NCCC(=O)NCCSC(=O)c1cccc(O)c1C(=O)c1c(O)cc(C(=O)OC2CCCNCC2NC(=O)c2ccc(O)cc2)cc1O. The van der Waals surface area contributed by atoms with Crippen LogP contribution in [0.15, 0.2) is 67.3 Å². The summed E-state index contributed by atoms with van der Waals surface area (Å²) in [5, 5.41) is 74.1. The number of thioether (sulfide) groups is 1. The van der Waals surface area contributed by atoms with Gasteiger partial charge in [-0.15, -0.1) is 0 Å². The van der Waals surface area contributed by atoms with Gasteiger partial charge in [0.05, 0.1) is 36.7 Å². The number of benzene rings is 3. The number of aliphatic hydroxyl groups is 2. The Morgan fingerprint density at radius 3 is 2.26 bits per heavy atom. The van der Waals surface area contributed by atoms with Crippen molar-refractivity contribution in [3.8, 4) is 23.0 Å². The van der Waals surface area contributed by atoms with Gasteiger partial charge in [0.25, 0.3) is 5.91 Å². The average molecular weight is 1300 g/mol. The Morgan fingerprint density at radius 1 is 0.885 bits per heavy atom. The van der Waals surface area contributed by atoms with E-state index >= 15 is 0 Å². The van der Waals surface area contributed by atoms with Crippen LogP contribution >= 0.6 is 35.2 Å².